The standard InChI is InChI=1S/C13H13Cl2N3O2/c1-16(2)12-11(7-19)17(3)13(20)18(12)8-4-5-9(14)10(15)6-8/h4-7H,1-3H3. The summed E-state index contributed by atoms with van der Waals surface area (Å²) >= 11 is 11.9. The Morgan fingerprint density at radius 3 is 2.35 bits per heavy atom. The van der Waals surface area contributed by atoms with Gasteiger partial charge in [-0.2, -0.15) is 0 Å². The van der Waals surface area contributed by atoms with E-state index in [1.54, 1.807) is 44.2 Å². The molecule has 2 aromatic rings. The average Bonchev–Trinajstić information content (AvgIpc) is 2.65. The van der Waals surface area contributed by atoms with Crippen LogP contribution in [0.15, 0.2) is 23.0 Å². The van der Waals surface area contributed by atoms with E-state index in [-0.39, 0.29) is 5.69 Å². The van der Waals surface area contributed by atoms with Crippen molar-refractivity contribution in [3.05, 3.63) is 44.4 Å². The number of benzene rings is 1. The molecule has 0 unspecified atom stereocenters. The molecule has 1 aromatic heterocycles. The minimum Gasteiger partial charge on any atom is -0.362 e. The zero-order valence-corrected chi connectivity index (χ0v) is 12.7. The molecule has 2 rings (SSSR count). The summed E-state index contributed by atoms with van der Waals surface area (Å²) < 4.78 is 2.72. The Hall–Kier alpha value is -1.72. The fourth-order valence-corrected chi connectivity index (χ4v) is 2.32. The van der Waals surface area contributed by atoms with Crippen LogP contribution in [-0.4, -0.2) is 29.5 Å². The lowest BCUT2D eigenvalue weighted by atomic mass is 10.3. The molecule has 0 aliphatic rings. The third-order valence-corrected chi connectivity index (χ3v) is 3.72. The molecule has 0 aliphatic heterocycles. The van der Waals surface area contributed by atoms with Crippen LogP contribution < -0.4 is 10.6 Å². The molecule has 0 bridgehead atoms. The molecule has 1 aromatic carbocycles. The zero-order valence-electron chi connectivity index (χ0n) is 11.2. The van der Waals surface area contributed by atoms with Gasteiger partial charge in [0.2, 0.25) is 0 Å². The van der Waals surface area contributed by atoms with Crippen LogP contribution in [0.2, 0.25) is 10.0 Å². The van der Waals surface area contributed by atoms with Gasteiger partial charge in [-0.3, -0.25) is 9.36 Å². The normalized spacial score (nSPS) is 10.7. The van der Waals surface area contributed by atoms with Crippen LogP contribution in [0, 0.1) is 0 Å². The van der Waals surface area contributed by atoms with E-state index in [0.717, 1.165) is 0 Å². The first-order chi connectivity index (χ1) is 9.38. The Kier molecular flexibility index (Phi) is 3.92. The molecular formula is C13H13Cl2N3O2. The highest BCUT2D eigenvalue weighted by Gasteiger charge is 2.20. The van der Waals surface area contributed by atoms with E-state index >= 15 is 0 Å². The molecule has 0 N–H and O–H groups in total. The molecule has 0 atom stereocenters. The van der Waals surface area contributed by atoms with Crippen LogP contribution in [0.4, 0.5) is 5.82 Å². The van der Waals surface area contributed by atoms with E-state index in [4.69, 9.17) is 23.2 Å². The number of rotatable bonds is 3. The lowest BCUT2D eigenvalue weighted by Crippen LogP contribution is -2.23. The number of hydrogen-bond acceptors (Lipinski definition) is 3. The fourth-order valence-electron chi connectivity index (χ4n) is 2.03. The number of hydrogen-bond donors (Lipinski definition) is 0. The molecule has 1 heterocycles. The van der Waals surface area contributed by atoms with Crippen molar-refractivity contribution >= 4 is 35.3 Å². The van der Waals surface area contributed by atoms with Crippen molar-refractivity contribution in [2.45, 2.75) is 0 Å². The fraction of sp³-hybridized carbons (Fsp3) is 0.231. The van der Waals surface area contributed by atoms with Gasteiger partial charge in [-0.05, 0) is 18.2 Å². The molecule has 0 fully saturated rings. The van der Waals surface area contributed by atoms with Gasteiger partial charge in [0.1, 0.15) is 11.5 Å². The SMILES string of the molecule is CN(C)c1c(C=O)n(C)c(=O)n1-c1ccc(Cl)c(Cl)c1. The van der Waals surface area contributed by atoms with Gasteiger partial charge in [0.05, 0.1) is 15.7 Å². The van der Waals surface area contributed by atoms with Gasteiger partial charge in [0.15, 0.2) is 6.29 Å². The number of aromatic nitrogens is 2. The molecule has 20 heavy (non-hydrogen) atoms. The van der Waals surface area contributed by atoms with Crippen LogP contribution in [0.5, 0.6) is 0 Å². The first kappa shape index (κ1) is 14.7. The van der Waals surface area contributed by atoms with Crippen LogP contribution >= 0.6 is 23.2 Å². The van der Waals surface area contributed by atoms with Crippen molar-refractivity contribution < 1.29 is 4.79 Å². The van der Waals surface area contributed by atoms with Crippen molar-refractivity contribution in [3.63, 3.8) is 0 Å². The number of carbonyl (C=O) groups excluding carboxylic acids is 1. The maximum Gasteiger partial charge on any atom is 0.334 e. The predicted molar refractivity (Wildman–Crippen MR) is 80.7 cm³/mol. The van der Waals surface area contributed by atoms with Crippen LogP contribution in [-0.2, 0) is 7.05 Å². The summed E-state index contributed by atoms with van der Waals surface area (Å²) in [4.78, 5) is 25.3. The second-order valence-electron chi connectivity index (χ2n) is 4.50. The molecule has 0 spiro atoms. The molecule has 106 valence electrons. The third kappa shape index (κ3) is 2.23. The maximum absolute atomic E-state index is 12.3. The first-order valence-corrected chi connectivity index (χ1v) is 6.53. The second kappa shape index (κ2) is 5.34. The van der Waals surface area contributed by atoms with E-state index in [1.165, 1.54) is 9.13 Å². The van der Waals surface area contributed by atoms with Crippen molar-refractivity contribution in [1.29, 1.82) is 0 Å². The van der Waals surface area contributed by atoms with E-state index in [2.05, 4.69) is 0 Å². The smallest absolute Gasteiger partial charge is 0.334 e. The van der Waals surface area contributed by atoms with Gasteiger partial charge in [-0.1, -0.05) is 23.2 Å². The van der Waals surface area contributed by atoms with Crippen molar-refractivity contribution in [2.24, 2.45) is 7.05 Å². The summed E-state index contributed by atoms with van der Waals surface area (Å²) in [6.45, 7) is 0. The van der Waals surface area contributed by atoms with Gasteiger partial charge < -0.3 is 4.90 Å². The number of aldehydes is 1. The highest BCUT2D eigenvalue weighted by Crippen LogP contribution is 2.27. The molecule has 0 saturated carbocycles. The van der Waals surface area contributed by atoms with Gasteiger partial charge in [-0.15, -0.1) is 0 Å². The lowest BCUT2D eigenvalue weighted by Gasteiger charge is -2.16. The monoisotopic (exact) mass is 313 g/mol. The van der Waals surface area contributed by atoms with Crippen molar-refractivity contribution in [1.82, 2.24) is 9.13 Å². The molecular weight excluding hydrogens is 301 g/mol. The Morgan fingerprint density at radius 2 is 1.85 bits per heavy atom. The summed E-state index contributed by atoms with van der Waals surface area (Å²) in [5, 5.41) is 0.749. The van der Waals surface area contributed by atoms with Gasteiger partial charge >= 0.3 is 5.69 Å². The predicted octanol–water partition coefficient (Wildman–Crippen LogP) is 2.36. The van der Waals surface area contributed by atoms with Crippen molar-refractivity contribution in [3.8, 4) is 5.69 Å². The molecule has 0 saturated heterocycles. The zero-order chi connectivity index (χ0) is 15.0. The van der Waals surface area contributed by atoms with E-state index in [0.29, 0.717) is 33.5 Å². The summed E-state index contributed by atoms with van der Waals surface area (Å²) in [6.07, 6.45) is 0.657. The van der Waals surface area contributed by atoms with E-state index in [9.17, 15) is 9.59 Å². The first-order valence-electron chi connectivity index (χ1n) is 5.78. The molecule has 5 nitrogen and oxygen atoms in total. The maximum atomic E-state index is 12.3. The highest BCUT2D eigenvalue weighted by atomic mass is 35.5. The topological polar surface area (TPSA) is 47.2 Å². The Morgan fingerprint density at radius 1 is 1.20 bits per heavy atom. The van der Waals surface area contributed by atoms with Crippen LogP contribution in [0.1, 0.15) is 10.5 Å². The Labute approximate surface area is 125 Å². The van der Waals surface area contributed by atoms with Gasteiger partial charge in [-0.25, -0.2) is 9.36 Å². The third-order valence-electron chi connectivity index (χ3n) is 2.98. The number of anilines is 1. The number of imidazole rings is 1. The minimum atomic E-state index is -0.325. The average molecular weight is 314 g/mol. The van der Waals surface area contributed by atoms with Crippen LogP contribution in [0.3, 0.4) is 0 Å². The molecule has 0 amide bonds. The van der Waals surface area contributed by atoms with Gasteiger partial charge in [0, 0.05) is 21.1 Å². The highest BCUT2D eigenvalue weighted by molar-refractivity contribution is 6.42. The summed E-state index contributed by atoms with van der Waals surface area (Å²) in [5.74, 6) is 0.492. The lowest BCUT2D eigenvalue weighted by molar-refractivity contribution is 0.111. The van der Waals surface area contributed by atoms with Crippen LogP contribution in [0.25, 0.3) is 5.69 Å². The molecule has 7 heteroatoms. The second-order valence-corrected chi connectivity index (χ2v) is 5.31. The Balaban J connectivity index is 2.82. The number of nitrogens with zero attached hydrogens (tertiary/aromatic N) is 3. The quantitative estimate of drug-likeness (QED) is 0.817. The van der Waals surface area contributed by atoms with Gasteiger partial charge in [0.25, 0.3) is 0 Å². The largest absolute Gasteiger partial charge is 0.362 e. The summed E-state index contributed by atoms with van der Waals surface area (Å²) in [6, 6.07) is 4.88. The Bertz CT molecular complexity index is 732. The van der Waals surface area contributed by atoms with Crippen molar-refractivity contribution in [2.75, 3.05) is 19.0 Å². The molecule has 0 radical (unpaired) electrons. The number of carbonyl (C=O) groups is 1. The summed E-state index contributed by atoms with van der Waals surface area (Å²) in [5.41, 5.74) is 0.525. The summed E-state index contributed by atoms with van der Waals surface area (Å²) in [7, 11) is 5.07. The number of halogens is 2. The minimum absolute atomic E-state index is 0.297. The molecule has 0 aliphatic carbocycles. The van der Waals surface area contributed by atoms with E-state index in [1.807, 2.05) is 0 Å². The van der Waals surface area contributed by atoms with E-state index < -0.39 is 0 Å².